The van der Waals surface area contributed by atoms with Gasteiger partial charge in [-0.3, -0.25) is 14.8 Å². The highest BCUT2D eigenvalue weighted by Crippen LogP contribution is 2.49. The minimum absolute atomic E-state index is 0.0840. The van der Waals surface area contributed by atoms with Crippen LogP contribution < -0.4 is 0 Å². The first-order valence-corrected chi connectivity index (χ1v) is 13.3. The number of pyridine rings is 2. The number of aliphatic hydroxyl groups is 1. The molecule has 1 aliphatic carbocycles. The molecule has 0 spiro atoms. The highest BCUT2D eigenvalue weighted by Gasteiger charge is 2.47. The van der Waals surface area contributed by atoms with Crippen LogP contribution in [0.5, 0.6) is 0 Å². The van der Waals surface area contributed by atoms with E-state index in [2.05, 4.69) is 42.9 Å². The van der Waals surface area contributed by atoms with Gasteiger partial charge in [0, 0.05) is 57.1 Å². The summed E-state index contributed by atoms with van der Waals surface area (Å²) in [6.07, 6.45) is 8.45. The third kappa shape index (κ3) is 4.43. The molecule has 34 heavy (non-hydrogen) atoms. The van der Waals surface area contributed by atoms with Crippen LogP contribution in [-0.4, -0.2) is 39.0 Å². The molecule has 1 N–H and O–H groups in total. The summed E-state index contributed by atoms with van der Waals surface area (Å²) in [6.45, 7) is 1.20. The number of fused-ring (bicyclic) bond motifs is 2. The van der Waals surface area contributed by atoms with E-state index >= 15 is 0 Å². The maximum Gasteiger partial charge on any atom is 0.226 e. The summed E-state index contributed by atoms with van der Waals surface area (Å²) < 4.78 is 1.69. The fraction of sp³-hybridized carbons (Fsp3) is 0.346. The standard InChI is InChI=1S/C26H24Br2ClN3O2/c27-20-12-18-2-1-17-13-21(29)14-22(28)24(17)26(34,25(18)31-15-20)19-5-9-32(10-6-19)23(33)11-16-3-7-30-8-4-16/h3-4,7-8,12-15,19,34H,1-2,5-6,9-11H2. The Morgan fingerprint density at radius 1 is 1.12 bits per heavy atom. The Bertz CT molecular complexity index is 1230. The van der Waals surface area contributed by atoms with Gasteiger partial charge in [-0.2, -0.15) is 0 Å². The third-order valence-corrected chi connectivity index (χ3v) is 8.30. The summed E-state index contributed by atoms with van der Waals surface area (Å²) in [7, 11) is 0. The summed E-state index contributed by atoms with van der Waals surface area (Å²) in [5.41, 5.74) is 3.32. The fourth-order valence-corrected chi connectivity index (χ4v) is 6.94. The molecular weight excluding hydrogens is 582 g/mol. The van der Waals surface area contributed by atoms with Crippen LogP contribution >= 0.6 is 43.5 Å². The molecule has 2 aromatic heterocycles. The van der Waals surface area contributed by atoms with E-state index in [0.717, 1.165) is 44.0 Å². The minimum atomic E-state index is -1.27. The molecule has 8 heteroatoms. The van der Waals surface area contributed by atoms with E-state index in [1.165, 1.54) is 0 Å². The van der Waals surface area contributed by atoms with Crippen molar-refractivity contribution in [1.29, 1.82) is 0 Å². The van der Waals surface area contributed by atoms with Crippen LogP contribution in [0.25, 0.3) is 0 Å². The lowest BCUT2D eigenvalue weighted by atomic mass is 9.72. The Balaban J connectivity index is 1.47. The molecule has 3 aromatic rings. The lowest BCUT2D eigenvalue weighted by Crippen LogP contribution is -2.47. The third-order valence-electron chi connectivity index (χ3n) is 7.02. The second kappa shape index (κ2) is 9.69. The number of amides is 1. The van der Waals surface area contributed by atoms with Crippen molar-refractivity contribution in [2.24, 2.45) is 5.92 Å². The topological polar surface area (TPSA) is 66.3 Å². The van der Waals surface area contributed by atoms with Crippen molar-refractivity contribution < 1.29 is 9.90 Å². The van der Waals surface area contributed by atoms with Crippen LogP contribution in [0.4, 0.5) is 0 Å². The van der Waals surface area contributed by atoms with Gasteiger partial charge in [0.05, 0.1) is 12.1 Å². The second-order valence-electron chi connectivity index (χ2n) is 9.04. The zero-order chi connectivity index (χ0) is 23.9. The van der Waals surface area contributed by atoms with Crippen molar-refractivity contribution in [2.45, 2.75) is 37.7 Å². The number of rotatable bonds is 3. The molecule has 1 amide bonds. The number of benzene rings is 1. The van der Waals surface area contributed by atoms with E-state index in [9.17, 15) is 9.90 Å². The van der Waals surface area contributed by atoms with Gasteiger partial charge in [0.1, 0.15) is 5.60 Å². The van der Waals surface area contributed by atoms with Crippen LogP contribution in [0.2, 0.25) is 5.02 Å². The number of likely N-dealkylation sites (tertiary alicyclic amines) is 1. The van der Waals surface area contributed by atoms with Crippen molar-refractivity contribution in [2.75, 3.05) is 13.1 Å². The van der Waals surface area contributed by atoms with Gasteiger partial charge in [0.25, 0.3) is 0 Å². The van der Waals surface area contributed by atoms with Crippen molar-refractivity contribution in [1.82, 2.24) is 14.9 Å². The Hall–Kier alpha value is -1.80. The van der Waals surface area contributed by atoms with Gasteiger partial charge in [-0.05, 0) is 88.6 Å². The smallest absolute Gasteiger partial charge is 0.226 e. The van der Waals surface area contributed by atoms with Crippen LogP contribution in [0.15, 0.2) is 57.9 Å². The van der Waals surface area contributed by atoms with E-state index in [1.54, 1.807) is 18.6 Å². The van der Waals surface area contributed by atoms with E-state index in [0.29, 0.717) is 43.1 Å². The van der Waals surface area contributed by atoms with Crippen LogP contribution in [0.1, 0.15) is 40.8 Å². The number of aromatic nitrogens is 2. The molecule has 3 heterocycles. The predicted molar refractivity (Wildman–Crippen MR) is 139 cm³/mol. The number of nitrogens with zero attached hydrogens (tertiary/aromatic N) is 3. The first kappa shape index (κ1) is 23.9. The number of hydrogen-bond donors (Lipinski definition) is 1. The Kier molecular flexibility index (Phi) is 6.81. The van der Waals surface area contributed by atoms with E-state index in [-0.39, 0.29) is 11.8 Å². The van der Waals surface area contributed by atoms with Gasteiger partial charge in [-0.25, -0.2) is 0 Å². The normalized spacial score (nSPS) is 20.4. The highest BCUT2D eigenvalue weighted by molar-refractivity contribution is 9.10. The van der Waals surface area contributed by atoms with E-state index in [1.807, 2.05) is 29.2 Å². The number of halogens is 3. The largest absolute Gasteiger partial charge is 0.378 e. The molecule has 0 saturated carbocycles. The summed E-state index contributed by atoms with van der Waals surface area (Å²) in [6, 6.07) is 9.62. The van der Waals surface area contributed by atoms with Gasteiger partial charge >= 0.3 is 0 Å². The average molecular weight is 606 g/mol. The molecule has 1 atom stereocenters. The van der Waals surface area contributed by atoms with Crippen molar-refractivity contribution in [3.05, 3.63) is 90.8 Å². The monoisotopic (exact) mass is 603 g/mol. The maximum atomic E-state index is 12.9. The highest BCUT2D eigenvalue weighted by atomic mass is 79.9. The van der Waals surface area contributed by atoms with Crippen molar-refractivity contribution in [3.63, 3.8) is 0 Å². The van der Waals surface area contributed by atoms with Crippen molar-refractivity contribution in [3.8, 4) is 0 Å². The van der Waals surface area contributed by atoms with Gasteiger partial charge < -0.3 is 10.0 Å². The van der Waals surface area contributed by atoms with Crippen LogP contribution in [0, 0.1) is 5.92 Å². The molecule has 0 radical (unpaired) electrons. The van der Waals surface area contributed by atoms with Gasteiger partial charge in [-0.1, -0.05) is 27.5 Å². The molecule has 2 aliphatic rings. The SMILES string of the molecule is O=C(Cc1ccncc1)N1CCC(C2(O)c3ncc(Br)cc3CCc3cc(Cl)cc(Br)c32)CC1. The molecule has 5 nitrogen and oxygen atoms in total. The predicted octanol–water partition coefficient (Wildman–Crippen LogP) is 5.47. The van der Waals surface area contributed by atoms with E-state index in [4.69, 9.17) is 16.6 Å². The molecule has 1 aliphatic heterocycles. The molecule has 176 valence electrons. The molecule has 5 rings (SSSR count). The van der Waals surface area contributed by atoms with Gasteiger partial charge in [-0.15, -0.1) is 0 Å². The quantitative estimate of drug-likeness (QED) is 0.430. The molecule has 1 aromatic carbocycles. The molecular formula is C26H24Br2ClN3O2. The maximum absolute atomic E-state index is 12.9. The lowest BCUT2D eigenvalue weighted by molar-refractivity contribution is -0.133. The number of piperidine rings is 1. The Morgan fingerprint density at radius 3 is 2.56 bits per heavy atom. The second-order valence-corrected chi connectivity index (χ2v) is 11.2. The Morgan fingerprint density at radius 2 is 1.82 bits per heavy atom. The summed E-state index contributed by atoms with van der Waals surface area (Å²) >= 11 is 13.6. The molecule has 0 bridgehead atoms. The van der Waals surface area contributed by atoms with E-state index < -0.39 is 5.60 Å². The van der Waals surface area contributed by atoms with Crippen molar-refractivity contribution >= 4 is 49.4 Å². The van der Waals surface area contributed by atoms with Gasteiger partial charge in [0.2, 0.25) is 5.91 Å². The average Bonchev–Trinajstić information content (AvgIpc) is 2.94. The number of carbonyl (C=O) groups excluding carboxylic acids is 1. The molecule has 1 fully saturated rings. The number of aryl methyl sites for hydroxylation is 2. The van der Waals surface area contributed by atoms with Crippen LogP contribution in [-0.2, 0) is 29.7 Å². The summed E-state index contributed by atoms with van der Waals surface area (Å²) in [5, 5.41) is 13.2. The summed E-state index contributed by atoms with van der Waals surface area (Å²) in [5.74, 6) is 0.0209. The number of hydrogen-bond acceptors (Lipinski definition) is 4. The lowest BCUT2D eigenvalue weighted by Gasteiger charge is -2.42. The zero-order valence-corrected chi connectivity index (χ0v) is 22.4. The minimum Gasteiger partial charge on any atom is -0.378 e. The Labute approximate surface area is 220 Å². The number of carbonyl (C=O) groups is 1. The first-order valence-electron chi connectivity index (χ1n) is 11.4. The summed E-state index contributed by atoms with van der Waals surface area (Å²) in [4.78, 5) is 23.6. The van der Waals surface area contributed by atoms with Gasteiger partial charge in [0.15, 0.2) is 0 Å². The molecule has 1 unspecified atom stereocenters. The fourth-order valence-electron chi connectivity index (χ4n) is 5.38. The zero-order valence-electron chi connectivity index (χ0n) is 18.5. The molecule has 1 saturated heterocycles. The first-order chi connectivity index (χ1) is 16.4. The van der Waals surface area contributed by atoms with Crippen LogP contribution in [0.3, 0.4) is 0 Å².